The van der Waals surface area contributed by atoms with Gasteiger partial charge >= 0.3 is 0 Å². The summed E-state index contributed by atoms with van der Waals surface area (Å²) in [5, 5.41) is 4.45. The summed E-state index contributed by atoms with van der Waals surface area (Å²) in [6, 6.07) is 21.5. The average molecular weight is 485 g/mol. The quantitative estimate of drug-likeness (QED) is 0.298. The topological polar surface area (TPSA) is 42.0 Å². The number of carbonyl (C=O) groups is 1. The van der Waals surface area contributed by atoms with Crippen molar-refractivity contribution < 1.29 is 9.18 Å². The molecule has 0 saturated carbocycles. The van der Waals surface area contributed by atoms with Crippen LogP contribution in [0.3, 0.4) is 0 Å². The minimum absolute atomic E-state index is 0.162. The molecule has 1 amide bonds. The van der Waals surface area contributed by atoms with Gasteiger partial charge in [0.25, 0.3) is 0 Å². The van der Waals surface area contributed by atoms with Crippen LogP contribution in [0.25, 0.3) is 0 Å². The van der Waals surface area contributed by atoms with Crippen LogP contribution in [0.1, 0.15) is 33.9 Å². The molecule has 0 spiro atoms. The van der Waals surface area contributed by atoms with Crippen molar-refractivity contribution in [1.29, 1.82) is 0 Å². The molecule has 3 aromatic carbocycles. The van der Waals surface area contributed by atoms with Gasteiger partial charge in [-0.1, -0.05) is 77.8 Å². The van der Waals surface area contributed by atoms with Crippen molar-refractivity contribution in [3.05, 3.63) is 116 Å². The van der Waals surface area contributed by atoms with Crippen LogP contribution >= 0.6 is 34.5 Å². The van der Waals surface area contributed by atoms with E-state index in [2.05, 4.69) is 10.3 Å². The third-order valence-electron chi connectivity index (χ3n) is 5.06. The number of hydrogen-bond donors (Lipinski definition) is 1. The number of nitrogens with one attached hydrogen (secondary N) is 1. The molecule has 0 radical (unpaired) electrons. The Hall–Kier alpha value is -2.73. The smallest absolute Gasteiger partial charge is 0.227 e. The van der Waals surface area contributed by atoms with Crippen LogP contribution in [-0.4, -0.2) is 10.9 Å². The van der Waals surface area contributed by atoms with Crippen LogP contribution in [-0.2, 0) is 11.2 Å². The first-order valence-electron chi connectivity index (χ1n) is 9.97. The number of rotatable bonds is 7. The van der Waals surface area contributed by atoms with Crippen molar-refractivity contribution in [1.82, 2.24) is 4.98 Å². The molecule has 0 bridgehead atoms. The van der Waals surface area contributed by atoms with E-state index in [-0.39, 0.29) is 24.1 Å². The molecular formula is C25H19Cl2FN2OS. The Bertz CT molecular complexity index is 1210. The minimum atomic E-state index is -0.305. The first-order chi connectivity index (χ1) is 15.5. The Kier molecular flexibility index (Phi) is 7.20. The predicted molar refractivity (Wildman–Crippen MR) is 129 cm³/mol. The summed E-state index contributed by atoms with van der Waals surface area (Å²) in [5.41, 5.74) is 2.77. The fourth-order valence-electron chi connectivity index (χ4n) is 3.48. The lowest BCUT2D eigenvalue weighted by Gasteiger charge is -2.17. The molecule has 1 aromatic heterocycles. The van der Waals surface area contributed by atoms with Gasteiger partial charge in [-0.05, 0) is 34.9 Å². The summed E-state index contributed by atoms with van der Waals surface area (Å²) in [5.74, 6) is -0.661. The molecule has 1 heterocycles. The third-order valence-corrected chi connectivity index (χ3v) is 6.83. The number of benzene rings is 3. The molecule has 3 nitrogen and oxygen atoms in total. The fraction of sp³-hybridized carbons (Fsp3) is 0.120. The number of halogens is 3. The minimum Gasteiger partial charge on any atom is -0.302 e. The molecule has 4 aromatic rings. The van der Waals surface area contributed by atoms with Crippen LogP contribution < -0.4 is 5.32 Å². The van der Waals surface area contributed by atoms with E-state index in [0.29, 0.717) is 21.6 Å². The number of anilines is 1. The molecule has 0 aliphatic carbocycles. The Morgan fingerprint density at radius 1 is 0.969 bits per heavy atom. The largest absolute Gasteiger partial charge is 0.302 e. The molecule has 0 aliphatic heterocycles. The van der Waals surface area contributed by atoms with E-state index in [1.807, 2.05) is 42.5 Å². The number of aromatic nitrogens is 1. The Balaban J connectivity index is 1.47. The van der Waals surface area contributed by atoms with Crippen molar-refractivity contribution in [2.45, 2.75) is 18.8 Å². The van der Waals surface area contributed by atoms with Crippen molar-refractivity contribution in [3.63, 3.8) is 0 Å². The molecule has 162 valence electrons. The maximum Gasteiger partial charge on any atom is 0.227 e. The highest BCUT2D eigenvalue weighted by atomic mass is 35.5. The Morgan fingerprint density at radius 3 is 2.44 bits per heavy atom. The molecule has 0 aliphatic rings. The van der Waals surface area contributed by atoms with Crippen LogP contribution in [0.2, 0.25) is 10.0 Å². The normalized spacial score (nSPS) is 11.8. The second kappa shape index (κ2) is 10.3. The van der Waals surface area contributed by atoms with Gasteiger partial charge in [-0.15, -0.1) is 11.3 Å². The molecule has 7 heteroatoms. The molecule has 0 saturated heterocycles. The maximum atomic E-state index is 13.4. The third kappa shape index (κ3) is 5.54. The van der Waals surface area contributed by atoms with Gasteiger partial charge in [-0.25, -0.2) is 9.37 Å². The zero-order valence-corrected chi connectivity index (χ0v) is 19.2. The number of nitrogens with zero attached hydrogens (tertiary/aromatic N) is 1. The monoisotopic (exact) mass is 484 g/mol. The van der Waals surface area contributed by atoms with E-state index in [0.717, 1.165) is 21.6 Å². The van der Waals surface area contributed by atoms with Gasteiger partial charge in [-0.3, -0.25) is 4.79 Å². The number of thiazole rings is 1. The van der Waals surface area contributed by atoms with Gasteiger partial charge in [0.1, 0.15) is 5.82 Å². The van der Waals surface area contributed by atoms with Crippen molar-refractivity contribution >= 4 is 45.6 Å². The average Bonchev–Trinajstić information content (AvgIpc) is 3.23. The van der Waals surface area contributed by atoms with Crippen LogP contribution in [0.4, 0.5) is 9.52 Å². The first kappa shape index (κ1) is 22.5. The highest BCUT2D eigenvalue weighted by Gasteiger charge is 2.19. The summed E-state index contributed by atoms with van der Waals surface area (Å²) in [4.78, 5) is 18.1. The van der Waals surface area contributed by atoms with Gasteiger partial charge in [0, 0.05) is 29.8 Å². The highest BCUT2D eigenvalue weighted by Crippen LogP contribution is 2.31. The van der Waals surface area contributed by atoms with E-state index in [1.54, 1.807) is 24.4 Å². The summed E-state index contributed by atoms with van der Waals surface area (Å²) >= 11 is 13.8. The SMILES string of the molecule is O=C(CC(c1ccccc1)c1ccc(F)cc1)Nc1ncc(Cc2cccc(Cl)c2Cl)s1. The Labute approximate surface area is 199 Å². The maximum absolute atomic E-state index is 13.4. The molecule has 32 heavy (non-hydrogen) atoms. The molecule has 0 fully saturated rings. The van der Waals surface area contributed by atoms with E-state index < -0.39 is 0 Å². The summed E-state index contributed by atoms with van der Waals surface area (Å²) < 4.78 is 13.4. The standard InChI is InChI=1S/C25H19Cl2FN2OS/c26-22-8-4-7-18(24(22)27)13-20-15-29-25(32-20)30-23(31)14-21(16-5-2-1-3-6-16)17-9-11-19(28)12-10-17/h1-12,15,21H,13-14H2,(H,29,30,31). The van der Waals surface area contributed by atoms with Gasteiger partial charge in [-0.2, -0.15) is 0 Å². The van der Waals surface area contributed by atoms with E-state index >= 15 is 0 Å². The van der Waals surface area contributed by atoms with Crippen LogP contribution in [0.15, 0.2) is 79.0 Å². The summed E-state index contributed by atoms with van der Waals surface area (Å²) in [6.07, 6.45) is 2.52. The fourth-order valence-corrected chi connectivity index (χ4v) is 4.72. The van der Waals surface area contributed by atoms with Gasteiger partial charge < -0.3 is 5.32 Å². The molecule has 4 rings (SSSR count). The second-order valence-corrected chi connectivity index (χ2v) is 9.19. The van der Waals surface area contributed by atoms with Crippen molar-refractivity contribution in [2.75, 3.05) is 5.32 Å². The predicted octanol–water partition coefficient (Wildman–Crippen LogP) is 7.34. The summed E-state index contributed by atoms with van der Waals surface area (Å²) in [6.45, 7) is 0. The van der Waals surface area contributed by atoms with Crippen molar-refractivity contribution in [2.24, 2.45) is 0 Å². The lowest BCUT2D eigenvalue weighted by Crippen LogP contribution is -2.16. The molecule has 1 N–H and O–H groups in total. The van der Waals surface area contributed by atoms with Crippen LogP contribution in [0, 0.1) is 5.82 Å². The van der Waals surface area contributed by atoms with Crippen LogP contribution in [0.5, 0.6) is 0 Å². The summed E-state index contributed by atoms with van der Waals surface area (Å²) in [7, 11) is 0. The number of carbonyl (C=O) groups excluding carboxylic acids is 1. The van der Waals surface area contributed by atoms with Crippen molar-refractivity contribution in [3.8, 4) is 0 Å². The number of amides is 1. The number of hydrogen-bond acceptors (Lipinski definition) is 3. The van der Waals surface area contributed by atoms with Gasteiger partial charge in [0.15, 0.2) is 5.13 Å². The second-order valence-electron chi connectivity index (χ2n) is 7.29. The highest BCUT2D eigenvalue weighted by molar-refractivity contribution is 7.15. The van der Waals surface area contributed by atoms with Gasteiger partial charge in [0.2, 0.25) is 5.91 Å². The lowest BCUT2D eigenvalue weighted by atomic mass is 9.88. The van der Waals surface area contributed by atoms with E-state index in [9.17, 15) is 9.18 Å². The van der Waals surface area contributed by atoms with Gasteiger partial charge in [0.05, 0.1) is 10.0 Å². The Morgan fingerprint density at radius 2 is 1.69 bits per heavy atom. The van der Waals surface area contributed by atoms with E-state index in [1.165, 1.54) is 23.5 Å². The molecule has 1 unspecified atom stereocenters. The lowest BCUT2D eigenvalue weighted by molar-refractivity contribution is -0.116. The van der Waals surface area contributed by atoms with E-state index in [4.69, 9.17) is 23.2 Å². The molecule has 1 atom stereocenters. The molecular weight excluding hydrogens is 466 g/mol. The first-order valence-corrected chi connectivity index (χ1v) is 11.5. The zero-order valence-electron chi connectivity index (χ0n) is 16.9. The zero-order chi connectivity index (χ0) is 22.5.